The second-order valence-corrected chi connectivity index (χ2v) is 12.6. The Morgan fingerprint density at radius 3 is 1.87 bits per heavy atom. The van der Waals surface area contributed by atoms with E-state index in [1.807, 2.05) is 26.0 Å². The average Bonchev–Trinajstić information content (AvgIpc) is 2.89. The number of sulfonamides is 1. The van der Waals surface area contributed by atoms with Gasteiger partial charge < -0.3 is 0 Å². The van der Waals surface area contributed by atoms with Crippen molar-refractivity contribution in [3.63, 3.8) is 0 Å². The third-order valence-electron chi connectivity index (χ3n) is 6.22. The van der Waals surface area contributed by atoms with Gasteiger partial charge in [0.1, 0.15) is 5.82 Å². The van der Waals surface area contributed by atoms with Gasteiger partial charge in [0.25, 0.3) is 0 Å². The molecule has 5 nitrogen and oxygen atoms in total. The van der Waals surface area contributed by atoms with Crippen LogP contribution in [0.25, 0.3) is 11.3 Å². The number of halogens is 2. The number of aromatic nitrogens is 2. The summed E-state index contributed by atoms with van der Waals surface area (Å²) in [6.45, 7) is 4.08. The summed E-state index contributed by atoms with van der Waals surface area (Å²) in [6, 6.07) is 27.0. The van der Waals surface area contributed by atoms with Crippen LogP contribution in [0.1, 0.15) is 47.8 Å². The summed E-state index contributed by atoms with van der Waals surface area (Å²) < 4.78 is 39.5. The van der Waals surface area contributed by atoms with Crippen LogP contribution in [0.5, 0.6) is 0 Å². The SMILES string of the molecule is Br.CC(C)c1nc(N(C)S(C)(=O)=O)nc(-c2ccc(F)cc2)c1CPC(c1ccccc1)c1ccccc1. The monoisotopic (exact) mass is 615 g/mol. The van der Waals surface area contributed by atoms with E-state index < -0.39 is 10.0 Å². The molecule has 1 aromatic heterocycles. The lowest BCUT2D eigenvalue weighted by Crippen LogP contribution is -2.27. The molecule has 1 heterocycles. The Hall–Kier alpha value is -2.67. The number of anilines is 1. The predicted octanol–water partition coefficient (Wildman–Crippen LogP) is 7.35. The zero-order valence-electron chi connectivity index (χ0n) is 21.8. The predicted molar refractivity (Wildman–Crippen MR) is 162 cm³/mol. The molecule has 0 saturated heterocycles. The number of benzene rings is 3. The van der Waals surface area contributed by atoms with Crippen LogP contribution in [0.3, 0.4) is 0 Å². The molecule has 4 rings (SSSR count). The average molecular weight is 617 g/mol. The van der Waals surface area contributed by atoms with E-state index >= 15 is 0 Å². The first-order valence-corrected chi connectivity index (χ1v) is 15.2. The van der Waals surface area contributed by atoms with E-state index in [1.165, 1.54) is 30.3 Å². The van der Waals surface area contributed by atoms with Crippen molar-refractivity contribution in [3.8, 4) is 11.3 Å². The molecule has 0 bridgehead atoms. The van der Waals surface area contributed by atoms with Gasteiger partial charge >= 0.3 is 0 Å². The zero-order chi connectivity index (χ0) is 26.6. The molecule has 0 N–H and O–H groups in total. The maximum Gasteiger partial charge on any atom is 0.239 e. The van der Waals surface area contributed by atoms with Gasteiger partial charge in [-0.1, -0.05) is 74.5 Å². The largest absolute Gasteiger partial charge is 0.241 e. The molecular weight excluding hydrogens is 584 g/mol. The van der Waals surface area contributed by atoms with E-state index in [0.29, 0.717) is 20.4 Å². The Bertz CT molecular complexity index is 1420. The summed E-state index contributed by atoms with van der Waals surface area (Å²) in [4.78, 5) is 9.45. The maximum atomic E-state index is 13.8. The fraction of sp³-hybridized carbons (Fsp3) is 0.241. The van der Waals surface area contributed by atoms with Crippen molar-refractivity contribution in [2.24, 2.45) is 0 Å². The second kappa shape index (κ2) is 12.9. The van der Waals surface area contributed by atoms with Gasteiger partial charge in [-0.05, 0) is 47.5 Å². The second-order valence-electron chi connectivity index (χ2n) is 9.26. The summed E-state index contributed by atoms with van der Waals surface area (Å²) in [7, 11) is -1.64. The molecular formula is C29H32BrFN3O2PS. The summed E-state index contributed by atoms with van der Waals surface area (Å²) in [5.74, 6) is -0.201. The smallest absolute Gasteiger partial charge is 0.239 e. The molecule has 4 aromatic rings. The minimum absolute atomic E-state index is 0. The van der Waals surface area contributed by atoms with E-state index in [4.69, 9.17) is 9.97 Å². The Morgan fingerprint density at radius 2 is 1.39 bits per heavy atom. The molecule has 0 aliphatic rings. The van der Waals surface area contributed by atoms with Crippen molar-refractivity contribution >= 4 is 41.5 Å². The highest BCUT2D eigenvalue weighted by molar-refractivity contribution is 8.93. The molecule has 1 unspecified atom stereocenters. The van der Waals surface area contributed by atoms with Crippen LogP contribution in [0.2, 0.25) is 0 Å². The topological polar surface area (TPSA) is 63.2 Å². The Balaban J connectivity index is 0.00000400. The highest BCUT2D eigenvalue weighted by Gasteiger charge is 2.24. The molecule has 0 amide bonds. The molecule has 0 radical (unpaired) electrons. The molecule has 38 heavy (non-hydrogen) atoms. The van der Waals surface area contributed by atoms with Crippen molar-refractivity contribution in [3.05, 3.63) is 113 Å². The van der Waals surface area contributed by atoms with E-state index in [9.17, 15) is 12.8 Å². The lowest BCUT2D eigenvalue weighted by molar-refractivity contribution is 0.599. The van der Waals surface area contributed by atoms with Crippen molar-refractivity contribution in [1.29, 1.82) is 0 Å². The molecule has 0 aliphatic carbocycles. The van der Waals surface area contributed by atoms with Gasteiger partial charge in [0.15, 0.2) is 0 Å². The van der Waals surface area contributed by atoms with Gasteiger partial charge in [0.2, 0.25) is 16.0 Å². The molecule has 0 aliphatic heterocycles. The highest BCUT2D eigenvalue weighted by atomic mass is 79.9. The highest BCUT2D eigenvalue weighted by Crippen LogP contribution is 2.45. The molecule has 200 valence electrons. The number of nitrogens with zero attached hydrogens (tertiary/aromatic N) is 3. The van der Waals surface area contributed by atoms with E-state index in [0.717, 1.165) is 27.4 Å². The van der Waals surface area contributed by atoms with Crippen molar-refractivity contribution < 1.29 is 12.8 Å². The minimum Gasteiger partial charge on any atom is -0.241 e. The number of rotatable bonds is 9. The van der Waals surface area contributed by atoms with Crippen LogP contribution < -0.4 is 4.31 Å². The lowest BCUT2D eigenvalue weighted by Gasteiger charge is -2.23. The fourth-order valence-electron chi connectivity index (χ4n) is 4.20. The first-order valence-electron chi connectivity index (χ1n) is 12.1. The molecule has 0 saturated carbocycles. The van der Waals surface area contributed by atoms with Crippen LogP contribution in [0, 0.1) is 5.82 Å². The van der Waals surface area contributed by atoms with Gasteiger partial charge in [0.05, 0.1) is 17.6 Å². The van der Waals surface area contributed by atoms with Gasteiger partial charge in [-0.25, -0.2) is 27.1 Å². The van der Waals surface area contributed by atoms with Crippen LogP contribution in [-0.4, -0.2) is 31.7 Å². The quantitative estimate of drug-likeness (QED) is 0.185. The van der Waals surface area contributed by atoms with Crippen LogP contribution in [-0.2, 0) is 16.2 Å². The van der Waals surface area contributed by atoms with Gasteiger partial charge in [-0.3, -0.25) is 0 Å². The van der Waals surface area contributed by atoms with Crippen molar-refractivity contribution in [1.82, 2.24) is 9.97 Å². The maximum absolute atomic E-state index is 13.8. The van der Waals surface area contributed by atoms with Crippen molar-refractivity contribution in [2.45, 2.75) is 31.6 Å². The third-order valence-corrected chi connectivity index (χ3v) is 9.01. The normalized spacial score (nSPS) is 11.8. The molecule has 3 aromatic carbocycles. The van der Waals surface area contributed by atoms with Crippen LogP contribution >= 0.6 is 25.6 Å². The van der Waals surface area contributed by atoms with E-state index in [2.05, 4.69) is 48.5 Å². The first-order chi connectivity index (χ1) is 17.6. The standard InChI is InChI=1S/C29H31FN3O2PS.BrH/c1-20(2)26-25(19-36-28(22-11-7-5-8-12-22)23-13-9-6-10-14-23)27(21-15-17-24(30)18-16-21)32-29(31-26)33(3)37(4,34)35;/h5-18,20,28,36H,19H2,1-4H3;1H. The molecule has 0 fully saturated rings. The van der Waals surface area contributed by atoms with E-state index in [1.54, 1.807) is 12.1 Å². The zero-order valence-corrected chi connectivity index (χ0v) is 25.3. The minimum atomic E-state index is -3.56. The van der Waals surface area contributed by atoms with Gasteiger partial charge in [-0.2, -0.15) is 0 Å². The fourth-order valence-corrected chi connectivity index (χ4v) is 6.19. The number of hydrogen-bond acceptors (Lipinski definition) is 4. The lowest BCUT2D eigenvalue weighted by atomic mass is 9.99. The summed E-state index contributed by atoms with van der Waals surface area (Å²) in [6.07, 6.45) is 1.82. The Morgan fingerprint density at radius 1 is 0.868 bits per heavy atom. The molecule has 1 atom stereocenters. The van der Waals surface area contributed by atoms with Crippen LogP contribution in [0.15, 0.2) is 84.9 Å². The molecule has 0 spiro atoms. The third kappa shape index (κ3) is 7.04. The summed E-state index contributed by atoms with van der Waals surface area (Å²) in [5.41, 5.74) is 5.77. The van der Waals surface area contributed by atoms with Crippen molar-refractivity contribution in [2.75, 3.05) is 17.6 Å². The summed E-state index contributed by atoms with van der Waals surface area (Å²) >= 11 is 0. The number of hydrogen-bond donors (Lipinski definition) is 0. The van der Waals surface area contributed by atoms with E-state index in [-0.39, 0.29) is 40.3 Å². The molecule has 9 heteroatoms. The van der Waals surface area contributed by atoms with Gasteiger partial charge in [-0.15, -0.1) is 25.6 Å². The Labute approximate surface area is 237 Å². The Kier molecular flexibility index (Phi) is 10.2. The summed E-state index contributed by atoms with van der Waals surface area (Å²) in [5, 5.41) is 0. The van der Waals surface area contributed by atoms with Gasteiger partial charge in [0, 0.05) is 23.8 Å². The van der Waals surface area contributed by atoms with Crippen LogP contribution in [0.4, 0.5) is 10.3 Å². The first kappa shape index (κ1) is 29.9.